The molecule has 0 bridgehead atoms. The molecule has 0 saturated heterocycles. The Hall–Kier alpha value is -1.08. The Balaban J connectivity index is 2.64. The van der Waals surface area contributed by atoms with Gasteiger partial charge in [-0.25, -0.2) is 0 Å². The molecule has 0 saturated carbocycles. The predicted octanol–water partition coefficient (Wildman–Crippen LogP) is 4.68. The number of likely N-dealkylation sites (N-methyl/N-ethyl adjacent to an activating group) is 1. The molecule has 0 aliphatic carbocycles. The first-order valence-electron chi connectivity index (χ1n) is 7.18. The number of nitrogens with zero attached hydrogens (tertiary/aromatic N) is 1. The van der Waals surface area contributed by atoms with Gasteiger partial charge in [0.2, 0.25) is 0 Å². The third kappa shape index (κ3) is 6.07. The molecule has 0 aliphatic rings. The molecule has 19 heavy (non-hydrogen) atoms. The average Bonchev–Trinajstić information content (AvgIpc) is 2.29. The Kier molecular flexibility index (Phi) is 5.37. The standard InChI is InChI=1S/C18H29N/c1-7-19(6,15-18(3,4)5)14-8-9-17-12-10-16(2)11-13-17/h8-13H,6-7,14-15H2,1-5H3. The predicted molar refractivity (Wildman–Crippen MR) is 85.6 cm³/mol. The van der Waals surface area contributed by atoms with Gasteiger partial charge in [0, 0.05) is 5.41 Å². The Bertz CT molecular complexity index is 408. The van der Waals surface area contributed by atoms with Gasteiger partial charge in [0.15, 0.2) is 0 Å². The average molecular weight is 259 g/mol. The van der Waals surface area contributed by atoms with Gasteiger partial charge in [-0.2, -0.15) is 0 Å². The summed E-state index contributed by atoms with van der Waals surface area (Å²) in [4.78, 5) is 0. The van der Waals surface area contributed by atoms with Gasteiger partial charge in [-0.15, -0.1) is 7.05 Å². The molecule has 1 aromatic rings. The fraction of sp³-hybridized carbons (Fsp3) is 0.500. The van der Waals surface area contributed by atoms with Crippen molar-refractivity contribution < 1.29 is 4.48 Å². The molecule has 0 radical (unpaired) electrons. The lowest BCUT2D eigenvalue weighted by molar-refractivity contribution is -0.884. The van der Waals surface area contributed by atoms with E-state index in [9.17, 15) is 0 Å². The van der Waals surface area contributed by atoms with E-state index in [2.05, 4.69) is 78.1 Å². The van der Waals surface area contributed by atoms with E-state index in [4.69, 9.17) is 0 Å². The van der Waals surface area contributed by atoms with Crippen molar-refractivity contribution in [1.29, 1.82) is 0 Å². The number of hydrogen-bond acceptors (Lipinski definition) is 0. The number of rotatable bonds is 5. The molecule has 0 N–H and O–H groups in total. The van der Waals surface area contributed by atoms with Gasteiger partial charge in [-0.1, -0.05) is 56.7 Å². The molecule has 1 heteroatoms. The summed E-state index contributed by atoms with van der Waals surface area (Å²) in [5.41, 5.74) is 2.89. The Morgan fingerprint density at radius 1 is 1.16 bits per heavy atom. The zero-order valence-corrected chi connectivity index (χ0v) is 13.2. The third-order valence-corrected chi connectivity index (χ3v) is 3.36. The second-order valence-corrected chi connectivity index (χ2v) is 6.87. The molecule has 0 amide bonds. The van der Waals surface area contributed by atoms with Crippen LogP contribution in [-0.4, -0.2) is 24.1 Å². The topological polar surface area (TPSA) is 0 Å². The van der Waals surface area contributed by atoms with E-state index in [0.29, 0.717) is 5.41 Å². The Morgan fingerprint density at radius 2 is 1.74 bits per heavy atom. The smallest absolute Gasteiger partial charge is 0.0735 e. The number of hydrogen-bond donors (Lipinski definition) is 0. The molecule has 106 valence electrons. The zero-order chi connectivity index (χ0) is 14.5. The highest BCUT2D eigenvalue weighted by Gasteiger charge is 2.21. The summed E-state index contributed by atoms with van der Waals surface area (Å²) in [5.74, 6) is 0. The van der Waals surface area contributed by atoms with Crippen LogP contribution in [0.5, 0.6) is 0 Å². The monoisotopic (exact) mass is 259 g/mol. The first-order valence-corrected chi connectivity index (χ1v) is 7.18. The normalized spacial score (nSPS) is 15.7. The molecular formula is C18H29N. The van der Waals surface area contributed by atoms with E-state index in [0.717, 1.165) is 24.1 Å². The van der Waals surface area contributed by atoms with Crippen molar-refractivity contribution in [3.05, 3.63) is 48.5 Å². The second kappa shape index (κ2) is 6.38. The van der Waals surface area contributed by atoms with Crippen LogP contribution in [0.4, 0.5) is 0 Å². The molecule has 1 rings (SSSR count). The van der Waals surface area contributed by atoms with Crippen LogP contribution < -0.4 is 0 Å². The van der Waals surface area contributed by atoms with Crippen LogP contribution in [0.15, 0.2) is 30.3 Å². The number of quaternary nitrogens is 1. The zero-order valence-electron chi connectivity index (χ0n) is 13.2. The lowest BCUT2D eigenvalue weighted by atomic mass is 9.95. The molecule has 0 aliphatic heterocycles. The van der Waals surface area contributed by atoms with E-state index in [1.54, 1.807) is 0 Å². The lowest BCUT2D eigenvalue weighted by Crippen LogP contribution is -2.47. The third-order valence-electron chi connectivity index (χ3n) is 3.36. The maximum atomic E-state index is 4.40. The molecule has 0 heterocycles. The fourth-order valence-corrected chi connectivity index (χ4v) is 2.40. The van der Waals surface area contributed by atoms with E-state index in [-0.39, 0.29) is 0 Å². The highest BCUT2D eigenvalue weighted by molar-refractivity contribution is 5.49. The van der Waals surface area contributed by atoms with Crippen molar-refractivity contribution in [2.24, 2.45) is 5.41 Å². The minimum atomic E-state index is 0.315. The highest BCUT2D eigenvalue weighted by Crippen LogP contribution is 2.20. The maximum Gasteiger partial charge on any atom is 0.0735 e. The largest absolute Gasteiger partial charge is 0.453 e. The SMILES string of the molecule is [CH2-][N+](CC)(CC=Cc1ccc(C)cc1)CC(C)(C)C. The minimum Gasteiger partial charge on any atom is -0.453 e. The van der Waals surface area contributed by atoms with Crippen LogP contribution >= 0.6 is 0 Å². The molecule has 1 unspecified atom stereocenters. The molecule has 0 spiro atoms. The van der Waals surface area contributed by atoms with E-state index < -0.39 is 0 Å². The summed E-state index contributed by atoms with van der Waals surface area (Å²) in [6.45, 7) is 14.3. The summed E-state index contributed by atoms with van der Waals surface area (Å²) in [6.07, 6.45) is 4.46. The van der Waals surface area contributed by atoms with Crippen molar-refractivity contribution in [3.63, 3.8) is 0 Å². The lowest BCUT2D eigenvalue weighted by Gasteiger charge is -2.45. The second-order valence-electron chi connectivity index (χ2n) is 6.87. The number of benzene rings is 1. The molecule has 1 nitrogen and oxygen atoms in total. The maximum absolute atomic E-state index is 4.40. The van der Waals surface area contributed by atoms with Gasteiger partial charge in [-0.05, 0) is 25.5 Å². The van der Waals surface area contributed by atoms with Gasteiger partial charge >= 0.3 is 0 Å². The molecule has 1 aromatic carbocycles. The van der Waals surface area contributed by atoms with E-state index >= 15 is 0 Å². The van der Waals surface area contributed by atoms with Crippen molar-refractivity contribution in [2.75, 3.05) is 19.6 Å². The van der Waals surface area contributed by atoms with Crippen LogP contribution in [0.2, 0.25) is 0 Å². The quantitative estimate of drug-likeness (QED) is 0.532. The van der Waals surface area contributed by atoms with Gasteiger partial charge in [0.1, 0.15) is 0 Å². The first kappa shape index (κ1) is 16.0. The molecular weight excluding hydrogens is 230 g/mol. The summed E-state index contributed by atoms with van der Waals surface area (Å²) < 4.78 is 0.853. The Labute approximate surface area is 119 Å². The van der Waals surface area contributed by atoms with Gasteiger partial charge in [0.05, 0.1) is 19.6 Å². The van der Waals surface area contributed by atoms with Gasteiger partial charge in [0.25, 0.3) is 0 Å². The van der Waals surface area contributed by atoms with Crippen molar-refractivity contribution >= 4 is 6.08 Å². The summed E-state index contributed by atoms with van der Waals surface area (Å²) >= 11 is 0. The van der Waals surface area contributed by atoms with Crippen molar-refractivity contribution in [2.45, 2.75) is 34.6 Å². The first-order chi connectivity index (χ1) is 8.74. The van der Waals surface area contributed by atoms with Crippen LogP contribution in [-0.2, 0) is 0 Å². The fourth-order valence-electron chi connectivity index (χ4n) is 2.40. The summed E-state index contributed by atoms with van der Waals surface area (Å²) in [7, 11) is 4.40. The van der Waals surface area contributed by atoms with Crippen LogP contribution in [0.25, 0.3) is 6.08 Å². The van der Waals surface area contributed by atoms with E-state index in [1.807, 2.05) is 0 Å². The van der Waals surface area contributed by atoms with Gasteiger partial charge in [-0.3, -0.25) is 0 Å². The van der Waals surface area contributed by atoms with Crippen LogP contribution in [0.3, 0.4) is 0 Å². The minimum absolute atomic E-state index is 0.315. The van der Waals surface area contributed by atoms with Crippen LogP contribution in [0.1, 0.15) is 38.8 Å². The molecule has 0 fully saturated rings. The summed E-state index contributed by atoms with van der Waals surface area (Å²) in [6, 6.07) is 8.64. The van der Waals surface area contributed by atoms with Crippen molar-refractivity contribution in [3.8, 4) is 0 Å². The van der Waals surface area contributed by atoms with Crippen LogP contribution in [0, 0.1) is 19.4 Å². The Morgan fingerprint density at radius 3 is 2.21 bits per heavy atom. The van der Waals surface area contributed by atoms with Gasteiger partial charge < -0.3 is 4.48 Å². The summed E-state index contributed by atoms with van der Waals surface area (Å²) in [5, 5.41) is 0. The van der Waals surface area contributed by atoms with E-state index in [1.165, 1.54) is 11.1 Å². The number of aryl methyl sites for hydroxylation is 1. The highest BCUT2D eigenvalue weighted by atomic mass is 15.3. The molecule has 0 aromatic heterocycles. The molecule has 1 atom stereocenters. The van der Waals surface area contributed by atoms with Crippen molar-refractivity contribution in [1.82, 2.24) is 0 Å².